The van der Waals surface area contributed by atoms with Gasteiger partial charge in [0.1, 0.15) is 6.04 Å². The number of piperazine rings is 1. The molecule has 1 fully saturated rings. The van der Waals surface area contributed by atoms with E-state index in [0.29, 0.717) is 29.5 Å². The van der Waals surface area contributed by atoms with Crippen molar-refractivity contribution < 1.29 is 14.1 Å². The van der Waals surface area contributed by atoms with Crippen molar-refractivity contribution in [1.82, 2.24) is 25.3 Å². The summed E-state index contributed by atoms with van der Waals surface area (Å²) in [7, 11) is 1.72. The second-order valence-corrected chi connectivity index (χ2v) is 6.19. The first-order valence-corrected chi connectivity index (χ1v) is 8.22. The van der Waals surface area contributed by atoms with Crippen LogP contribution in [0.4, 0.5) is 4.79 Å². The molecular weight excluding hydrogens is 346 g/mol. The topological polar surface area (TPSA) is 91.6 Å². The third-order valence-electron chi connectivity index (χ3n) is 4.11. The fourth-order valence-electron chi connectivity index (χ4n) is 2.62. The van der Waals surface area contributed by atoms with E-state index in [2.05, 4.69) is 15.5 Å². The van der Waals surface area contributed by atoms with Crippen molar-refractivity contribution in [2.24, 2.45) is 0 Å². The number of rotatable bonds is 3. The number of amides is 3. The van der Waals surface area contributed by atoms with Gasteiger partial charge in [-0.1, -0.05) is 28.9 Å². The Morgan fingerprint density at radius 1 is 1.40 bits per heavy atom. The Hall–Kier alpha value is -2.61. The highest BCUT2D eigenvalue weighted by Crippen LogP contribution is 2.24. The van der Waals surface area contributed by atoms with E-state index >= 15 is 0 Å². The number of halogens is 1. The van der Waals surface area contributed by atoms with Gasteiger partial charge in [-0.25, -0.2) is 4.79 Å². The standard InChI is InChI=1S/C16H18ClN5O3/c1-10-15(23)21(2)7-8-22(10)16(24)18-9-13-19-14(20-25-13)11-5-3-4-6-12(11)17/h3-6,10H,7-9H2,1-2H3,(H,18,24)/t10-/m0/s1. The lowest BCUT2D eigenvalue weighted by molar-refractivity contribution is -0.137. The Morgan fingerprint density at radius 3 is 2.92 bits per heavy atom. The van der Waals surface area contributed by atoms with Gasteiger partial charge in [-0.05, 0) is 19.1 Å². The largest absolute Gasteiger partial charge is 0.342 e. The van der Waals surface area contributed by atoms with Crippen LogP contribution in [0.1, 0.15) is 12.8 Å². The predicted octanol–water partition coefficient (Wildman–Crippen LogP) is 1.76. The summed E-state index contributed by atoms with van der Waals surface area (Å²) in [4.78, 5) is 31.6. The lowest BCUT2D eigenvalue weighted by atomic mass is 10.2. The second kappa shape index (κ2) is 7.10. The molecule has 25 heavy (non-hydrogen) atoms. The molecule has 0 saturated carbocycles. The summed E-state index contributed by atoms with van der Waals surface area (Å²) in [6.07, 6.45) is 0. The van der Waals surface area contributed by atoms with Gasteiger partial charge in [0.25, 0.3) is 0 Å². The van der Waals surface area contributed by atoms with E-state index in [-0.39, 0.29) is 24.4 Å². The van der Waals surface area contributed by atoms with Crippen molar-refractivity contribution in [2.45, 2.75) is 19.5 Å². The van der Waals surface area contributed by atoms with Crippen molar-refractivity contribution in [1.29, 1.82) is 0 Å². The first kappa shape index (κ1) is 17.2. The van der Waals surface area contributed by atoms with Crippen molar-refractivity contribution in [3.05, 3.63) is 35.2 Å². The molecule has 1 aliphatic heterocycles. The smallest absolute Gasteiger partial charge is 0.318 e. The zero-order valence-electron chi connectivity index (χ0n) is 13.9. The van der Waals surface area contributed by atoms with Crippen LogP contribution in [0.3, 0.4) is 0 Å². The van der Waals surface area contributed by atoms with Crippen LogP contribution in [0.15, 0.2) is 28.8 Å². The Morgan fingerprint density at radius 2 is 2.16 bits per heavy atom. The summed E-state index contributed by atoms with van der Waals surface area (Å²) in [6, 6.07) is 6.32. The normalized spacial score (nSPS) is 17.7. The van der Waals surface area contributed by atoms with E-state index in [0.717, 1.165) is 0 Å². The molecule has 0 radical (unpaired) electrons. The van der Waals surface area contributed by atoms with E-state index in [1.807, 2.05) is 12.1 Å². The maximum atomic E-state index is 12.3. The number of carbonyl (C=O) groups excluding carboxylic acids is 2. The summed E-state index contributed by atoms with van der Waals surface area (Å²) in [5.74, 6) is 0.537. The van der Waals surface area contributed by atoms with Crippen LogP contribution in [-0.4, -0.2) is 58.1 Å². The maximum Gasteiger partial charge on any atom is 0.318 e. The molecule has 1 N–H and O–H groups in total. The van der Waals surface area contributed by atoms with Gasteiger partial charge >= 0.3 is 6.03 Å². The lowest BCUT2D eigenvalue weighted by Crippen LogP contribution is -2.58. The second-order valence-electron chi connectivity index (χ2n) is 5.78. The van der Waals surface area contributed by atoms with Gasteiger partial charge in [-0.15, -0.1) is 0 Å². The molecule has 0 spiro atoms. The van der Waals surface area contributed by atoms with Gasteiger partial charge in [0, 0.05) is 25.7 Å². The highest BCUT2D eigenvalue weighted by Gasteiger charge is 2.32. The number of aromatic nitrogens is 2. The zero-order chi connectivity index (χ0) is 18.0. The Kier molecular flexibility index (Phi) is 4.89. The van der Waals surface area contributed by atoms with Crippen molar-refractivity contribution >= 4 is 23.5 Å². The maximum absolute atomic E-state index is 12.3. The summed E-state index contributed by atoms with van der Waals surface area (Å²) >= 11 is 6.10. The number of benzene rings is 1. The van der Waals surface area contributed by atoms with Gasteiger partial charge in [0.05, 0.1) is 11.6 Å². The fraction of sp³-hybridized carbons (Fsp3) is 0.375. The molecule has 1 aromatic carbocycles. The van der Waals surface area contributed by atoms with Crippen LogP contribution >= 0.6 is 11.6 Å². The van der Waals surface area contributed by atoms with Crippen molar-refractivity contribution in [2.75, 3.05) is 20.1 Å². The molecule has 1 aliphatic rings. The molecule has 1 atom stereocenters. The van der Waals surface area contributed by atoms with Gasteiger partial charge in [-0.2, -0.15) is 4.98 Å². The number of urea groups is 1. The summed E-state index contributed by atoms with van der Waals surface area (Å²) in [5, 5.41) is 7.10. The molecule has 0 bridgehead atoms. The quantitative estimate of drug-likeness (QED) is 0.897. The van der Waals surface area contributed by atoms with Gasteiger partial charge < -0.3 is 19.6 Å². The minimum Gasteiger partial charge on any atom is -0.342 e. The Labute approximate surface area is 149 Å². The van der Waals surface area contributed by atoms with Crippen LogP contribution in [0, 0.1) is 0 Å². The van der Waals surface area contributed by atoms with Crippen LogP contribution in [0.5, 0.6) is 0 Å². The molecule has 0 aliphatic carbocycles. The molecule has 8 nitrogen and oxygen atoms in total. The number of carbonyl (C=O) groups is 2. The third kappa shape index (κ3) is 3.58. The monoisotopic (exact) mass is 363 g/mol. The van der Waals surface area contributed by atoms with Gasteiger partial charge in [-0.3, -0.25) is 4.79 Å². The average molecular weight is 364 g/mol. The minimum atomic E-state index is -0.500. The van der Waals surface area contributed by atoms with E-state index < -0.39 is 6.04 Å². The van der Waals surface area contributed by atoms with Gasteiger partial charge in [0.15, 0.2) is 0 Å². The first-order chi connectivity index (χ1) is 12.0. The molecule has 1 aromatic heterocycles. The fourth-order valence-corrected chi connectivity index (χ4v) is 2.84. The van der Waals surface area contributed by atoms with Crippen molar-refractivity contribution in [3.8, 4) is 11.4 Å². The van der Waals surface area contributed by atoms with E-state index in [1.54, 1.807) is 31.0 Å². The highest BCUT2D eigenvalue weighted by atomic mass is 35.5. The molecular formula is C16H18ClN5O3. The van der Waals surface area contributed by atoms with Crippen LogP contribution < -0.4 is 5.32 Å². The molecule has 2 aromatic rings. The molecule has 132 valence electrons. The molecule has 2 heterocycles. The predicted molar refractivity (Wildman–Crippen MR) is 90.8 cm³/mol. The number of hydrogen-bond acceptors (Lipinski definition) is 5. The number of nitrogens with zero attached hydrogens (tertiary/aromatic N) is 4. The molecule has 3 amide bonds. The summed E-state index contributed by atoms with van der Waals surface area (Å²) in [5.41, 5.74) is 0.656. The SMILES string of the molecule is C[C@H]1C(=O)N(C)CCN1C(=O)NCc1nc(-c2ccccc2Cl)no1. The Bertz CT molecular complexity index is 794. The van der Waals surface area contributed by atoms with Crippen LogP contribution in [0.2, 0.25) is 5.02 Å². The number of nitrogens with one attached hydrogen (secondary N) is 1. The summed E-state index contributed by atoms with van der Waals surface area (Å²) < 4.78 is 5.15. The van der Waals surface area contributed by atoms with E-state index in [1.165, 1.54) is 4.90 Å². The van der Waals surface area contributed by atoms with E-state index in [4.69, 9.17) is 16.1 Å². The van der Waals surface area contributed by atoms with Gasteiger partial charge in [0.2, 0.25) is 17.6 Å². The zero-order valence-corrected chi connectivity index (χ0v) is 14.7. The summed E-state index contributed by atoms with van der Waals surface area (Å²) in [6.45, 7) is 2.76. The molecule has 0 unspecified atom stereocenters. The molecule has 3 rings (SSSR count). The van der Waals surface area contributed by atoms with Crippen molar-refractivity contribution in [3.63, 3.8) is 0 Å². The number of hydrogen-bond donors (Lipinski definition) is 1. The van der Waals surface area contributed by atoms with Crippen LogP contribution in [-0.2, 0) is 11.3 Å². The average Bonchev–Trinajstić information content (AvgIpc) is 3.07. The number of likely N-dealkylation sites (N-methyl/N-ethyl adjacent to an activating group) is 1. The third-order valence-corrected chi connectivity index (χ3v) is 4.44. The highest BCUT2D eigenvalue weighted by molar-refractivity contribution is 6.33. The first-order valence-electron chi connectivity index (χ1n) is 7.84. The Balaban J connectivity index is 1.62. The minimum absolute atomic E-state index is 0.0730. The lowest BCUT2D eigenvalue weighted by Gasteiger charge is -2.37. The van der Waals surface area contributed by atoms with E-state index in [9.17, 15) is 9.59 Å². The molecule has 1 saturated heterocycles. The van der Waals surface area contributed by atoms with Crippen LogP contribution in [0.25, 0.3) is 11.4 Å². The molecule has 9 heteroatoms.